The van der Waals surface area contributed by atoms with E-state index in [0.29, 0.717) is 10.8 Å². The van der Waals surface area contributed by atoms with E-state index in [0.717, 1.165) is 4.90 Å². The van der Waals surface area contributed by atoms with Gasteiger partial charge in [0.2, 0.25) is 5.91 Å². The molecule has 0 unspecified atom stereocenters. The number of rotatable bonds is 5. The van der Waals surface area contributed by atoms with Crippen LogP contribution in [0.1, 0.15) is 17.0 Å². The molecule has 110 valence electrons. The maximum atomic E-state index is 11.6. The van der Waals surface area contributed by atoms with E-state index in [9.17, 15) is 9.59 Å². The minimum Gasteiger partial charge on any atom is -0.459 e. The summed E-state index contributed by atoms with van der Waals surface area (Å²) in [6, 6.07) is 10.5. The molecule has 2 amide bonds. The number of hydrogen-bond acceptors (Lipinski definition) is 4. The fourth-order valence-corrected chi connectivity index (χ4v) is 2.43. The molecule has 0 fully saturated rings. The average Bonchev–Trinajstić information content (AvgIpc) is 3.01. The van der Waals surface area contributed by atoms with Crippen LogP contribution in [0.3, 0.4) is 0 Å². The molecule has 21 heavy (non-hydrogen) atoms. The van der Waals surface area contributed by atoms with Crippen molar-refractivity contribution in [2.45, 2.75) is 11.3 Å². The Morgan fingerprint density at radius 2 is 1.90 bits per heavy atom. The van der Waals surface area contributed by atoms with Gasteiger partial charge in [0.15, 0.2) is 5.76 Å². The normalized spacial score (nSPS) is 10.1. The molecule has 0 aliphatic heterocycles. The Labute approximate surface area is 131 Å². The van der Waals surface area contributed by atoms with Gasteiger partial charge in [-0.2, -0.15) is 0 Å². The summed E-state index contributed by atoms with van der Waals surface area (Å²) in [5, 5.41) is 0.678. The van der Waals surface area contributed by atoms with Gasteiger partial charge in [0, 0.05) is 22.1 Å². The van der Waals surface area contributed by atoms with E-state index in [2.05, 4.69) is 10.9 Å². The number of thioether (sulfide) groups is 1. The number of hydrogen-bond donors (Lipinski definition) is 2. The average molecular weight is 325 g/mol. The van der Waals surface area contributed by atoms with Gasteiger partial charge in [-0.15, -0.1) is 11.8 Å². The fraction of sp³-hybridized carbons (Fsp3) is 0.143. The molecule has 2 aromatic rings. The lowest BCUT2D eigenvalue weighted by Crippen LogP contribution is -2.41. The molecule has 2 N–H and O–H groups in total. The van der Waals surface area contributed by atoms with Crippen molar-refractivity contribution >= 4 is 35.2 Å². The molecular weight excluding hydrogens is 312 g/mol. The third-order valence-electron chi connectivity index (χ3n) is 2.47. The third-order valence-corrected chi connectivity index (χ3v) is 3.74. The molecule has 0 spiro atoms. The minimum absolute atomic E-state index is 0.144. The summed E-state index contributed by atoms with van der Waals surface area (Å²) < 4.78 is 4.90. The van der Waals surface area contributed by atoms with Crippen molar-refractivity contribution in [1.29, 1.82) is 0 Å². The maximum Gasteiger partial charge on any atom is 0.305 e. The molecular formula is C14H13ClN2O3S. The highest BCUT2D eigenvalue weighted by molar-refractivity contribution is 7.99. The SMILES string of the molecule is O=C(CCSc1ccc(Cl)cc1)NNC(=O)c1ccco1. The van der Waals surface area contributed by atoms with Crippen LogP contribution in [-0.2, 0) is 4.79 Å². The van der Waals surface area contributed by atoms with E-state index < -0.39 is 5.91 Å². The first-order chi connectivity index (χ1) is 10.1. The lowest BCUT2D eigenvalue weighted by Gasteiger charge is -2.06. The van der Waals surface area contributed by atoms with Crippen molar-refractivity contribution in [3.05, 3.63) is 53.4 Å². The first kappa shape index (κ1) is 15.5. The number of hydrazine groups is 1. The van der Waals surface area contributed by atoms with Crippen molar-refractivity contribution < 1.29 is 14.0 Å². The van der Waals surface area contributed by atoms with E-state index in [1.54, 1.807) is 18.2 Å². The molecule has 1 aromatic carbocycles. The van der Waals surface area contributed by atoms with Gasteiger partial charge in [0.05, 0.1) is 6.26 Å². The molecule has 0 bridgehead atoms. The lowest BCUT2D eigenvalue weighted by atomic mass is 10.4. The molecule has 1 heterocycles. The van der Waals surface area contributed by atoms with Crippen molar-refractivity contribution in [3.63, 3.8) is 0 Å². The quantitative estimate of drug-likeness (QED) is 0.655. The number of halogens is 1. The van der Waals surface area contributed by atoms with Gasteiger partial charge in [0.1, 0.15) is 0 Å². The van der Waals surface area contributed by atoms with Crippen LogP contribution in [0.25, 0.3) is 0 Å². The predicted octanol–water partition coefficient (Wildman–Crippen LogP) is 2.88. The van der Waals surface area contributed by atoms with Crippen molar-refractivity contribution in [2.75, 3.05) is 5.75 Å². The third kappa shape index (κ3) is 5.17. The van der Waals surface area contributed by atoms with Crippen LogP contribution in [0.5, 0.6) is 0 Å². The van der Waals surface area contributed by atoms with Gasteiger partial charge in [-0.1, -0.05) is 11.6 Å². The largest absolute Gasteiger partial charge is 0.459 e. The second-order valence-corrected chi connectivity index (χ2v) is 5.64. The number of carbonyl (C=O) groups is 2. The van der Waals surface area contributed by atoms with E-state index in [4.69, 9.17) is 16.0 Å². The monoisotopic (exact) mass is 324 g/mol. The number of carbonyl (C=O) groups excluding carboxylic acids is 2. The van der Waals surface area contributed by atoms with Crippen LogP contribution >= 0.6 is 23.4 Å². The first-order valence-corrected chi connectivity index (χ1v) is 7.52. The van der Waals surface area contributed by atoms with E-state index in [-0.39, 0.29) is 18.1 Å². The van der Waals surface area contributed by atoms with Gasteiger partial charge in [-0.3, -0.25) is 20.4 Å². The summed E-state index contributed by atoms with van der Waals surface area (Å²) in [6.07, 6.45) is 1.67. The predicted molar refractivity (Wildman–Crippen MR) is 81.1 cm³/mol. The standard InChI is InChI=1S/C14H13ClN2O3S/c15-10-3-5-11(6-4-10)21-9-7-13(18)16-17-14(19)12-2-1-8-20-12/h1-6,8H,7,9H2,(H,16,18)(H,17,19). The van der Waals surface area contributed by atoms with Crippen molar-refractivity contribution in [1.82, 2.24) is 10.9 Å². The maximum absolute atomic E-state index is 11.6. The summed E-state index contributed by atoms with van der Waals surface area (Å²) in [5.41, 5.74) is 4.62. The lowest BCUT2D eigenvalue weighted by molar-refractivity contribution is -0.121. The van der Waals surface area contributed by atoms with Gasteiger partial charge >= 0.3 is 5.91 Å². The zero-order valence-corrected chi connectivity index (χ0v) is 12.5. The van der Waals surface area contributed by atoms with Gasteiger partial charge < -0.3 is 4.42 Å². The first-order valence-electron chi connectivity index (χ1n) is 6.16. The molecule has 0 saturated heterocycles. The molecule has 5 nitrogen and oxygen atoms in total. The summed E-state index contributed by atoms with van der Waals surface area (Å²) >= 11 is 7.33. The Morgan fingerprint density at radius 1 is 1.14 bits per heavy atom. The van der Waals surface area contributed by atoms with Crippen LogP contribution in [0.4, 0.5) is 0 Å². The van der Waals surface area contributed by atoms with Crippen molar-refractivity contribution in [2.24, 2.45) is 0 Å². The van der Waals surface area contributed by atoms with Crippen molar-refractivity contribution in [3.8, 4) is 0 Å². The highest BCUT2D eigenvalue weighted by Gasteiger charge is 2.09. The highest BCUT2D eigenvalue weighted by Crippen LogP contribution is 2.20. The second-order valence-electron chi connectivity index (χ2n) is 4.03. The molecule has 0 radical (unpaired) electrons. The minimum atomic E-state index is -0.487. The summed E-state index contributed by atoms with van der Waals surface area (Å²) in [5.74, 6) is -0.00899. The van der Waals surface area contributed by atoms with Crippen LogP contribution < -0.4 is 10.9 Å². The molecule has 0 aliphatic rings. The Bertz CT molecular complexity index is 599. The van der Waals surface area contributed by atoms with E-state index in [1.807, 2.05) is 12.1 Å². The second kappa shape index (κ2) is 7.75. The molecule has 2 rings (SSSR count). The molecule has 0 saturated carbocycles. The zero-order chi connectivity index (χ0) is 15.1. The highest BCUT2D eigenvalue weighted by atomic mass is 35.5. The van der Waals surface area contributed by atoms with Gasteiger partial charge in [-0.25, -0.2) is 0 Å². The van der Waals surface area contributed by atoms with Crippen LogP contribution in [0.2, 0.25) is 5.02 Å². The van der Waals surface area contributed by atoms with E-state index >= 15 is 0 Å². The number of amides is 2. The summed E-state index contributed by atoms with van der Waals surface area (Å²) in [7, 11) is 0. The fourth-order valence-electron chi connectivity index (χ4n) is 1.45. The van der Waals surface area contributed by atoms with Gasteiger partial charge in [-0.05, 0) is 36.4 Å². The Hall–Kier alpha value is -1.92. The van der Waals surface area contributed by atoms with Crippen LogP contribution in [-0.4, -0.2) is 17.6 Å². The smallest absolute Gasteiger partial charge is 0.305 e. The number of nitrogens with one attached hydrogen (secondary N) is 2. The van der Waals surface area contributed by atoms with Gasteiger partial charge in [0.25, 0.3) is 0 Å². The Morgan fingerprint density at radius 3 is 2.57 bits per heavy atom. The molecule has 1 aromatic heterocycles. The topological polar surface area (TPSA) is 71.3 Å². The number of furan rings is 1. The van der Waals surface area contributed by atoms with E-state index in [1.165, 1.54) is 24.1 Å². The summed E-state index contributed by atoms with van der Waals surface area (Å²) in [4.78, 5) is 24.1. The van der Waals surface area contributed by atoms with Crippen LogP contribution in [0.15, 0.2) is 52.0 Å². The zero-order valence-electron chi connectivity index (χ0n) is 11.0. The Balaban J connectivity index is 1.66. The number of benzene rings is 1. The Kier molecular flexibility index (Phi) is 5.71. The molecule has 7 heteroatoms. The van der Waals surface area contributed by atoms with Crippen LogP contribution in [0, 0.1) is 0 Å². The summed E-state index contributed by atoms with van der Waals surface area (Å²) in [6.45, 7) is 0. The molecule has 0 aliphatic carbocycles. The molecule has 0 atom stereocenters.